The van der Waals surface area contributed by atoms with Crippen molar-refractivity contribution >= 4 is 11.6 Å². The van der Waals surface area contributed by atoms with Gasteiger partial charge in [-0.25, -0.2) is 0 Å². The van der Waals surface area contributed by atoms with Crippen LogP contribution in [0.1, 0.15) is 28.6 Å². The van der Waals surface area contributed by atoms with Crippen molar-refractivity contribution in [3.63, 3.8) is 0 Å². The van der Waals surface area contributed by atoms with E-state index in [0.717, 1.165) is 5.56 Å². The maximum absolute atomic E-state index is 12.4. The third-order valence-corrected chi connectivity index (χ3v) is 3.17. The first kappa shape index (κ1) is 13.2. The van der Waals surface area contributed by atoms with Gasteiger partial charge in [0.2, 0.25) is 0 Å². The molecule has 0 radical (unpaired) electrons. The lowest BCUT2D eigenvalue weighted by molar-refractivity contribution is 0.0751. The van der Waals surface area contributed by atoms with E-state index in [1.807, 2.05) is 31.2 Å². The maximum Gasteiger partial charge on any atom is 0.257 e. The molecule has 0 aliphatic heterocycles. The van der Waals surface area contributed by atoms with Gasteiger partial charge in [-0.3, -0.25) is 4.79 Å². The van der Waals surface area contributed by atoms with E-state index in [-0.39, 0.29) is 5.91 Å². The molecule has 19 heavy (non-hydrogen) atoms. The van der Waals surface area contributed by atoms with Gasteiger partial charge in [0.1, 0.15) is 5.76 Å². The van der Waals surface area contributed by atoms with Gasteiger partial charge < -0.3 is 15.1 Å². The molecule has 4 heteroatoms. The van der Waals surface area contributed by atoms with Crippen molar-refractivity contribution in [3.05, 3.63) is 53.5 Å². The van der Waals surface area contributed by atoms with Crippen molar-refractivity contribution < 1.29 is 9.21 Å². The second kappa shape index (κ2) is 5.61. The van der Waals surface area contributed by atoms with Gasteiger partial charge >= 0.3 is 0 Å². The molecule has 100 valence electrons. The number of nitrogen functional groups attached to an aromatic ring is 1. The first-order valence-corrected chi connectivity index (χ1v) is 6.30. The highest BCUT2D eigenvalue weighted by atomic mass is 16.3. The number of nitrogens with two attached hydrogens (primary N) is 1. The van der Waals surface area contributed by atoms with Crippen LogP contribution in [0.5, 0.6) is 0 Å². The van der Waals surface area contributed by atoms with Crippen LogP contribution in [-0.2, 0) is 6.54 Å². The molecule has 1 amide bonds. The van der Waals surface area contributed by atoms with Crippen LogP contribution in [0, 0.1) is 6.92 Å². The van der Waals surface area contributed by atoms with Crippen LogP contribution in [0.3, 0.4) is 0 Å². The zero-order valence-electron chi connectivity index (χ0n) is 11.2. The fourth-order valence-corrected chi connectivity index (χ4v) is 1.99. The lowest BCUT2D eigenvalue weighted by atomic mass is 10.1. The van der Waals surface area contributed by atoms with Gasteiger partial charge in [-0.2, -0.15) is 0 Å². The molecule has 0 spiro atoms. The molecule has 4 nitrogen and oxygen atoms in total. The minimum absolute atomic E-state index is 0.0306. The average Bonchev–Trinajstić information content (AvgIpc) is 2.83. The van der Waals surface area contributed by atoms with Gasteiger partial charge in [0.05, 0.1) is 11.8 Å². The Morgan fingerprint density at radius 3 is 2.63 bits per heavy atom. The fraction of sp³-hybridized carbons (Fsp3) is 0.267. The van der Waals surface area contributed by atoms with Gasteiger partial charge in [0, 0.05) is 18.8 Å². The number of anilines is 1. The van der Waals surface area contributed by atoms with Gasteiger partial charge in [0.15, 0.2) is 0 Å². The summed E-state index contributed by atoms with van der Waals surface area (Å²) in [6.45, 7) is 4.87. The van der Waals surface area contributed by atoms with Crippen LogP contribution in [0.15, 0.2) is 41.0 Å². The van der Waals surface area contributed by atoms with Crippen LogP contribution in [0.2, 0.25) is 0 Å². The van der Waals surface area contributed by atoms with Crippen molar-refractivity contribution in [1.82, 2.24) is 4.90 Å². The summed E-state index contributed by atoms with van der Waals surface area (Å²) in [5.74, 6) is 0.612. The SMILES string of the molecule is CCN(Cc1ccccc1N)C(=O)c1ccoc1C. The molecule has 1 heterocycles. The molecule has 0 saturated carbocycles. The largest absolute Gasteiger partial charge is 0.469 e. The number of para-hydroxylation sites is 1. The lowest BCUT2D eigenvalue weighted by Gasteiger charge is -2.21. The number of carbonyl (C=O) groups excluding carboxylic acids is 1. The number of rotatable bonds is 4. The van der Waals surface area contributed by atoms with Gasteiger partial charge in [-0.05, 0) is 31.5 Å². The van der Waals surface area contributed by atoms with Crippen LogP contribution < -0.4 is 5.73 Å². The molecule has 0 saturated heterocycles. The van der Waals surface area contributed by atoms with E-state index < -0.39 is 0 Å². The van der Waals surface area contributed by atoms with Crippen molar-refractivity contribution in [2.24, 2.45) is 0 Å². The number of benzene rings is 1. The Morgan fingerprint density at radius 1 is 1.32 bits per heavy atom. The molecule has 1 aromatic heterocycles. The zero-order chi connectivity index (χ0) is 13.8. The molecular weight excluding hydrogens is 240 g/mol. The minimum Gasteiger partial charge on any atom is -0.469 e. The van der Waals surface area contributed by atoms with Crippen molar-refractivity contribution in [3.8, 4) is 0 Å². The molecule has 0 aliphatic carbocycles. The molecule has 0 fully saturated rings. The van der Waals surface area contributed by atoms with Gasteiger partial charge in [0.25, 0.3) is 5.91 Å². The number of hydrogen-bond acceptors (Lipinski definition) is 3. The fourth-order valence-electron chi connectivity index (χ4n) is 1.99. The first-order valence-electron chi connectivity index (χ1n) is 6.30. The third kappa shape index (κ3) is 2.78. The predicted octanol–water partition coefficient (Wildman–Crippen LogP) is 2.83. The third-order valence-electron chi connectivity index (χ3n) is 3.17. The Hall–Kier alpha value is -2.23. The number of amides is 1. The Bertz CT molecular complexity index is 575. The molecular formula is C15H18N2O2. The number of nitrogens with zero attached hydrogens (tertiary/aromatic N) is 1. The number of furan rings is 1. The highest BCUT2D eigenvalue weighted by Crippen LogP contribution is 2.17. The standard InChI is InChI=1S/C15H18N2O2/c1-3-17(10-12-6-4-5-7-14(12)16)15(18)13-8-9-19-11(13)2/h4-9H,3,10,16H2,1-2H3. The van der Waals surface area contributed by atoms with Crippen LogP contribution in [0.25, 0.3) is 0 Å². The summed E-state index contributed by atoms with van der Waals surface area (Å²) in [5, 5.41) is 0. The summed E-state index contributed by atoms with van der Waals surface area (Å²) in [6.07, 6.45) is 1.54. The predicted molar refractivity (Wildman–Crippen MR) is 74.7 cm³/mol. The molecule has 0 bridgehead atoms. The Kier molecular flexibility index (Phi) is 3.90. The second-order valence-electron chi connectivity index (χ2n) is 4.41. The van der Waals surface area contributed by atoms with Crippen LogP contribution in [-0.4, -0.2) is 17.4 Å². The summed E-state index contributed by atoms with van der Waals surface area (Å²) < 4.78 is 5.18. The van der Waals surface area contributed by atoms with E-state index in [1.165, 1.54) is 6.26 Å². The maximum atomic E-state index is 12.4. The van der Waals surface area contributed by atoms with Crippen LogP contribution in [0.4, 0.5) is 5.69 Å². The van der Waals surface area contributed by atoms with E-state index in [1.54, 1.807) is 17.9 Å². The van der Waals surface area contributed by atoms with E-state index in [2.05, 4.69) is 0 Å². The summed E-state index contributed by atoms with van der Waals surface area (Å²) in [7, 11) is 0. The molecule has 0 unspecified atom stereocenters. The number of aryl methyl sites for hydroxylation is 1. The first-order chi connectivity index (χ1) is 9.13. The summed E-state index contributed by atoms with van der Waals surface area (Å²) in [6, 6.07) is 9.29. The minimum atomic E-state index is -0.0306. The van der Waals surface area contributed by atoms with Crippen molar-refractivity contribution in [2.45, 2.75) is 20.4 Å². The van der Waals surface area contributed by atoms with E-state index in [0.29, 0.717) is 30.1 Å². The van der Waals surface area contributed by atoms with Crippen molar-refractivity contribution in [2.75, 3.05) is 12.3 Å². The van der Waals surface area contributed by atoms with E-state index >= 15 is 0 Å². The quantitative estimate of drug-likeness (QED) is 0.858. The lowest BCUT2D eigenvalue weighted by Crippen LogP contribution is -2.30. The summed E-state index contributed by atoms with van der Waals surface area (Å²) in [5.41, 5.74) is 8.19. The highest BCUT2D eigenvalue weighted by molar-refractivity contribution is 5.95. The zero-order valence-corrected chi connectivity index (χ0v) is 11.2. The second-order valence-corrected chi connectivity index (χ2v) is 4.41. The van der Waals surface area contributed by atoms with Crippen molar-refractivity contribution in [1.29, 1.82) is 0 Å². The Balaban J connectivity index is 2.20. The molecule has 2 aromatic rings. The topological polar surface area (TPSA) is 59.5 Å². The smallest absolute Gasteiger partial charge is 0.257 e. The normalized spacial score (nSPS) is 10.4. The molecule has 2 N–H and O–H groups in total. The van der Waals surface area contributed by atoms with Crippen LogP contribution >= 0.6 is 0 Å². The molecule has 0 atom stereocenters. The summed E-state index contributed by atoms with van der Waals surface area (Å²) >= 11 is 0. The Morgan fingerprint density at radius 2 is 2.05 bits per heavy atom. The molecule has 0 aliphatic rings. The monoisotopic (exact) mass is 258 g/mol. The number of hydrogen-bond donors (Lipinski definition) is 1. The van der Waals surface area contributed by atoms with Gasteiger partial charge in [-0.1, -0.05) is 18.2 Å². The summed E-state index contributed by atoms with van der Waals surface area (Å²) in [4.78, 5) is 14.2. The van der Waals surface area contributed by atoms with E-state index in [9.17, 15) is 4.79 Å². The molecule has 2 rings (SSSR count). The van der Waals surface area contributed by atoms with E-state index in [4.69, 9.17) is 10.2 Å². The number of carbonyl (C=O) groups is 1. The molecule has 1 aromatic carbocycles. The van der Waals surface area contributed by atoms with Gasteiger partial charge in [-0.15, -0.1) is 0 Å². The average molecular weight is 258 g/mol. The highest BCUT2D eigenvalue weighted by Gasteiger charge is 2.18. The Labute approximate surface area is 112 Å².